The molecule has 0 bridgehead atoms. The lowest BCUT2D eigenvalue weighted by Crippen LogP contribution is -2.60. The SMILES string of the molecule is CC(C)C[C@H](NC(=O)[C@H](CC(C)C)NC(=O)[C@H](CCC(=O)O)NC(=O)[C@H](C)NC(=O)[C@H](C)N)C(=O)N[C@@H](C)C(=O)N[C@@H](CCCCN)C(=O)N[C@@H](CCC(N)=O)C(=O)N[C@@H](CCCN=C(N)N)C(=O)N[C@@H](C)C(=O)N[C@@H](CCC(=O)O)C(=O)N[C@@H](C)C(=O)N[C@@H](CCC(=O)O)C(=O)O. The van der Waals surface area contributed by atoms with Crippen molar-refractivity contribution in [2.24, 2.45) is 45.5 Å². The molecule has 0 radical (unpaired) electrons. The number of carbonyl (C=O) groups excluding carboxylic acids is 13. The van der Waals surface area contributed by atoms with Crippen molar-refractivity contribution in [1.82, 2.24) is 63.8 Å². The summed E-state index contributed by atoms with van der Waals surface area (Å²) < 4.78 is 0. The maximum Gasteiger partial charge on any atom is 0.326 e. The van der Waals surface area contributed by atoms with Gasteiger partial charge in [0.1, 0.15) is 72.5 Å². The molecular weight excluding hydrogens is 1300 g/mol. The smallest absolute Gasteiger partial charge is 0.326 e. The summed E-state index contributed by atoms with van der Waals surface area (Å²) in [6.45, 7) is 13.1. The average Bonchev–Trinajstić information content (AvgIpc) is 0.871. The summed E-state index contributed by atoms with van der Waals surface area (Å²) in [6.07, 6.45) is -4.39. The van der Waals surface area contributed by atoms with Crippen molar-refractivity contribution in [2.45, 2.75) is 237 Å². The molecule has 0 unspecified atom stereocenters. The number of carboxylic acids is 4. The van der Waals surface area contributed by atoms with Crippen LogP contribution in [0.2, 0.25) is 0 Å². The summed E-state index contributed by atoms with van der Waals surface area (Å²) >= 11 is 0. The van der Waals surface area contributed by atoms with Crippen molar-refractivity contribution in [3.05, 3.63) is 0 Å². The summed E-state index contributed by atoms with van der Waals surface area (Å²) in [5.74, 6) is -19.2. The zero-order valence-electron chi connectivity index (χ0n) is 56.7. The summed E-state index contributed by atoms with van der Waals surface area (Å²) in [7, 11) is 0. The Morgan fingerprint density at radius 3 is 0.898 bits per heavy atom. The van der Waals surface area contributed by atoms with Gasteiger partial charge in [0.25, 0.3) is 0 Å². The Morgan fingerprint density at radius 2 is 0.592 bits per heavy atom. The molecule has 39 nitrogen and oxygen atoms in total. The van der Waals surface area contributed by atoms with E-state index in [-0.39, 0.29) is 69.4 Å². The predicted molar refractivity (Wildman–Crippen MR) is 348 cm³/mol. The number of rotatable bonds is 49. The van der Waals surface area contributed by atoms with Crippen LogP contribution in [0.5, 0.6) is 0 Å². The van der Waals surface area contributed by atoms with Gasteiger partial charge in [-0.05, 0) is 124 Å². The van der Waals surface area contributed by atoms with E-state index >= 15 is 0 Å². The van der Waals surface area contributed by atoms with Crippen LogP contribution in [0.3, 0.4) is 0 Å². The van der Waals surface area contributed by atoms with E-state index in [0.29, 0.717) is 6.42 Å². The first-order valence-corrected chi connectivity index (χ1v) is 31.9. The first-order valence-electron chi connectivity index (χ1n) is 31.9. The number of hydrogen-bond acceptors (Lipinski definition) is 20. The molecule has 0 saturated heterocycles. The molecule has 26 N–H and O–H groups in total. The van der Waals surface area contributed by atoms with E-state index in [9.17, 15) is 96.8 Å². The van der Waals surface area contributed by atoms with Crippen LogP contribution in [0.4, 0.5) is 0 Å². The van der Waals surface area contributed by atoms with Crippen LogP contribution in [0, 0.1) is 11.8 Å². The van der Waals surface area contributed by atoms with E-state index in [0.717, 1.165) is 13.8 Å². The first kappa shape index (κ1) is 88.2. The molecule has 0 rings (SSSR count). The third kappa shape index (κ3) is 36.9. The van der Waals surface area contributed by atoms with E-state index in [4.69, 9.17) is 33.8 Å². The van der Waals surface area contributed by atoms with Crippen LogP contribution >= 0.6 is 0 Å². The van der Waals surface area contributed by atoms with Crippen LogP contribution in [-0.4, -0.2) is 219 Å². The molecule has 39 heteroatoms. The van der Waals surface area contributed by atoms with E-state index in [1.54, 1.807) is 27.7 Å². The number of nitrogens with two attached hydrogens (primary N) is 5. The van der Waals surface area contributed by atoms with Crippen molar-refractivity contribution < 1.29 is 102 Å². The van der Waals surface area contributed by atoms with Crippen molar-refractivity contribution >= 4 is 107 Å². The number of amides is 13. The predicted octanol–water partition coefficient (Wildman–Crippen LogP) is -6.55. The Balaban J connectivity index is 6.82. The summed E-state index contributed by atoms with van der Waals surface area (Å²) in [6, 6.07) is -19.1. The van der Waals surface area contributed by atoms with Crippen LogP contribution in [-0.2, 0) is 81.5 Å². The van der Waals surface area contributed by atoms with E-state index < -0.39 is 231 Å². The molecule has 0 aliphatic rings. The molecule has 0 heterocycles. The average molecular weight is 1400 g/mol. The van der Waals surface area contributed by atoms with Gasteiger partial charge in [0.05, 0.1) is 6.04 Å². The number of guanidine groups is 1. The number of aliphatic imine (C=N–C) groups is 1. The first-order chi connectivity index (χ1) is 45.6. The Kier molecular flexibility index (Phi) is 41.0. The van der Waals surface area contributed by atoms with Crippen molar-refractivity contribution in [3.8, 4) is 0 Å². The highest BCUT2D eigenvalue weighted by molar-refractivity contribution is 6.00. The van der Waals surface area contributed by atoms with Gasteiger partial charge < -0.3 is 113 Å². The number of carbonyl (C=O) groups is 17. The van der Waals surface area contributed by atoms with Crippen LogP contribution in [0.15, 0.2) is 4.99 Å². The maximum absolute atomic E-state index is 14.3. The van der Waals surface area contributed by atoms with E-state index in [2.05, 4.69) is 68.8 Å². The molecule has 0 aromatic carbocycles. The molecule has 0 aromatic heterocycles. The van der Waals surface area contributed by atoms with Gasteiger partial charge >= 0.3 is 23.9 Å². The minimum Gasteiger partial charge on any atom is -0.481 e. The van der Waals surface area contributed by atoms with Gasteiger partial charge in [0.2, 0.25) is 76.8 Å². The van der Waals surface area contributed by atoms with E-state index in [1.165, 1.54) is 20.8 Å². The second-order valence-corrected chi connectivity index (χ2v) is 24.3. The number of primary amides is 1. The number of unbranched alkanes of at least 4 members (excludes halogenated alkanes) is 1. The maximum atomic E-state index is 14.3. The molecule has 13 atom stereocenters. The molecule has 98 heavy (non-hydrogen) atoms. The normalized spacial score (nSPS) is 15.0. The van der Waals surface area contributed by atoms with Gasteiger partial charge in [-0.25, -0.2) is 4.79 Å². The fraction of sp³-hybridized carbons (Fsp3) is 0.695. The third-order valence-corrected chi connectivity index (χ3v) is 14.4. The number of carboxylic acid groups (broad SMARTS) is 4. The van der Waals surface area contributed by atoms with E-state index in [1.807, 2.05) is 0 Å². The van der Waals surface area contributed by atoms with Gasteiger partial charge in [-0.3, -0.25) is 81.7 Å². The number of aliphatic carboxylic acids is 4. The highest BCUT2D eigenvalue weighted by Crippen LogP contribution is 2.13. The van der Waals surface area contributed by atoms with Crippen molar-refractivity contribution in [2.75, 3.05) is 13.1 Å². The Bertz CT molecular complexity index is 2820. The second-order valence-electron chi connectivity index (χ2n) is 24.3. The topological polar surface area (TPSA) is 658 Å². The number of hydrogen-bond donors (Lipinski definition) is 21. The summed E-state index contributed by atoms with van der Waals surface area (Å²) in [4.78, 5) is 225. The van der Waals surface area contributed by atoms with Crippen molar-refractivity contribution in [1.29, 1.82) is 0 Å². The van der Waals surface area contributed by atoms with Gasteiger partial charge in [-0.2, -0.15) is 0 Å². The number of nitrogens with zero attached hydrogens (tertiary/aromatic N) is 1. The fourth-order valence-electron chi connectivity index (χ4n) is 8.92. The molecule has 554 valence electrons. The largest absolute Gasteiger partial charge is 0.481 e. The summed E-state index contributed by atoms with van der Waals surface area (Å²) in [5, 5.41) is 66.0. The Hall–Kier alpha value is -9.82. The lowest BCUT2D eigenvalue weighted by atomic mass is 9.99. The molecule has 0 saturated carbocycles. The lowest BCUT2D eigenvalue weighted by Gasteiger charge is -2.28. The van der Waals surface area contributed by atoms with Crippen molar-refractivity contribution in [3.63, 3.8) is 0 Å². The quantitative estimate of drug-likeness (QED) is 0.0153. The Morgan fingerprint density at radius 1 is 0.327 bits per heavy atom. The second kappa shape index (κ2) is 45.6. The zero-order valence-corrected chi connectivity index (χ0v) is 56.7. The molecule has 0 spiro atoms. The standard InChI is InChI=1S/C59H102N18O21/c1-27(2)25-40(77-57(96)41(26-28(3)4)76-55(94)38(17-21-44(81)82)72-47(86)30(6)66-46(85)29(5)61)56(95)69-32(8)48(87)70-34(13-10-11-23-60)53(92)74-36(15-19-42(62)78)54(93)73-35(14-12-24-65-59(63)64)51(90)67-31(7)49(88)71-37(16-20-43(79)80)52(91)68-33(9)50(89)75-39(58(97)98)18-22-45(83)84/h27-41H,10-26,60-61H2,1-9H3,(H2,62,78)(H,66,85)(H,67,90)(H,68,91)(H,69,95)(H,70,87)(H,71,88)(H,72,86)(H,73,93)(H,74,92)(H,75,89)(H,76,94)(H,77,96)(H,79,80)(H,81,82)(H,83,84)(H,97,98)(H4,63,64,65)/t29-,30-,31-,32-,33-,34-,35-,36-,37-,38-,39-,40-,41-/m0/s1. The van der Waals surface area contributed by atoms with Gasteiger partial charge in [0.15, 0.2) is 5.96 Å². The minimum absolute atomic E-state index is 0.0170. The molecule has 0 aromatic rings. The van der Waals surface area contributed by atoms with Crippen LogP contribution < -0.4 is 92.5 Å². The number of nitrogens with one attached hydrogen (secondary N) is 12. The molecular formula is C59H102N18O21. The molecule has 13 amide bonds. The van der Waals surface area contributed by atoms with Gasteiger partial charge in [-0.15, -0.1) is 0 Å². The lowest BCUT2D eigenvalue weighted by molar-refractivity contribution is -0.143. The van der Waals surface area contributed by atoms with Crippen LogP contribution in [0.1, 0.15) is 159 Å². The monoisotopic (exact) mass is 1400 g/mol. The van der Waals surface area contributed by atoms with Gasteiger partial charge in [0, 0.05) is 32.2 Å². The molecule has 0 fully saturated rings. The van der Waals surface area contributed by atoms with Gasteiger partial charge in [-0.1, -0.05) is 27.7 Å². The highest BCUT2D eigenvalue weighted by atomic mass is 16.4. The summed E-state index contributed by atoms with van der Waals surface area (Å²) in [5.41, 5.74) is 27.7. The van der Waals surface area contributed by atoms with Crippen LogP contribution in [0.25, 0.3) is 0 Å². The fourth-order valence-corrected chi connectivity index (χ4v) is 8.92. The third-order valence-electron chi connectivity index (χ3n) is 14.4. The molecule has 0 aliphatic carbocycles. The Labute approximate surface area is 566 Å². The highest BCUT2D eigenvalue weighted by Gasteiger charge is 2.36. The zero-order chi connectivity index (χ0) is 75.3. The molecule has 0 aliphatic heterocycles. The minimum atomic E-state index is -1.70.